The van der Waals surface area contributed by atoms with Crippen molar-refractivity contribution in [1.29, 1.82) is 0 Å². The first-order chi connectivity index (χ1) is 16.8. The Morgan fingerprint density at radius 3 is 2.20 bits per heavy atom. The van der Waals surface area contributed by atoms with Crippen LogP contribution < -0.4 is 5.69 Å². The maximum atomic E-state index is 13.3. The molecule has 0 saturated heterocycles. The third-order valence-electron chi connectivity index (χ3n) is 6.04. The van der Waals surface area contributed by atoms with Crippen molar-refractivity contribution in [1.82, 2.24) is 9.13 Å². The fraction of sp³-hybridized carbons (Fsp3) is 0.207. The van der Waals surface area contributed by atoms with Gasteiger partial charge >= 0.3 is 11.7 Å². The van der Waals surface area contributed by atoms with E-state index >= 15 is 0 Å². The molecule has 0 atom stereocenters. The highest BCUT2D eigenvalue weighted by atomic mass is 16.4. The van der Waals surface area contributed by atoms with E-state index in [1.807, 2.05) is 36.4 Å². The SMILES string of the molecule is CC(C)CCc1cn(C(=O)c2ccccc2)c(=O)n1Cc1ccc(-c2ccccc2C(=O)O)cc1. The van der Waals surface area contributed by atoms with Crippen molar-refractivity contribution in [3.63, 3.8) is 0 Å². The first-order valence-corrected chi connectivity index (χ1v) is 11.7. The number of nitrogens with zero attached hydrogens (tertiary/aromatic N) is 2. The summed E-state index contributed by atoms with van der Waals surface area (Å²) < 4.78 is 2.85. The zero-order valence-corrected chi connectivity index (χ0v) is 19.8. The molecular formula is C29H28N2O4. The third-order valence-corrected chi connectivity index (χ3v) is 6.04. The van der Waals surface area contributed by atoms with Gasteiger partial charge in [-0.25, -0.2) is 14.2 Å². The first-order valence-electron chi connectivity index (χ1n) is 11.7. The Morgan fingerprint density at radius 1 is 0.886 bits per heavy atom. The van der Waals surface area contributed by atoms with Crippen LogP contribution in [-0.2, 0) is 13.0 Å². The van der Waals surface area contributed by atoms with Crippen molar-refractivity contribution in [2.45, 2.75) is 33.2 Å². The van der Waals surface area contributed by atoms with Crippen molar-refractivity contribution in [2.75, 3.05) is 0 Å². The van der Waals surface area contributed by atoms with Gasteiger partial charge in [-0.05, 0) is 53.6 Å². The molecule has 0 bridgehead atoms. The molecule has 0 amide bonds. The maximum Gasteiger partial charge on any atom is 0.336 e. The van der Waals surface area contributed by atoms with Crippen LogP contribution in [0.2, 0.25) is 0 Å². The maximum absolute atomic E-state index is 13.3. The lowest BCUT2D eigenvalue weighted by atomic mass is 9.98. The van der Waals surface area contributed by atoms with Crippen molar-refractivity contribution >= 4 is 11.9 Å². The molecule has 35 heavy (non-hydrogen) atoms. The van der Waals surface area contributed by atoms with Crippen LogP contribution in [0.15, 0.2) is 89.9 Å². The average Bonchev–Trinajstić information content (AvgIpc) is 3.18. The van der Waals surface area contributed by atoms with Crippen molar-refractivity contribution in [3.8, 4) is 11.1 Å². The van der Waals surface area contributed by atoms with Crippen molar-refractivity contribution in [2.24, 2.45) is 5.92 Å². The van der Waals surface area contributed by atoms with Gasteiger partial charge in [0.25, 0.3) is 5.91 Å². The van der Waals surface area contributed by atoms with Gasteiger partial charge in [0.05, 0.1) is 12.1 Å². The van der Waals surface area contributed by atoms with Gasteiger partial charge in [0.2, 0.25) is 0 Å². The third kappa shape index (κ3) is 5.32. The molecule has 0 aliphatic rings. The van der Waals surface area contributed by atoms with E-state index in [2.05, 4.69) is 13.8 Å². The summed E-state index contributed by atoms with van der Waals surface area (Å²) in [6.45, 7) is 4.58. The Kier molecular flexibility index (Phi) is 7.11. The number of benzene rings is 3. The van der Waals surface area contributed by atoms with E-state index in [0.29, 0.717) is 30.0 Å². The van der Waals surface area contributed by atoms with E-state index in [4.69, 9.17) is 0 Å². The molecule has 4 rings (SSSR count). The van der Waals surface area contributed by atoms with E-state index in [1.54, 1.807) is 53.2 Å². The molecule has 4 aromatic rings. The Hall–Kier alpha value is -4.19. The summed E-state index contributed by atoms with van der Waals surface area (Å²) in [6, 6.07) is 23.2. The normalized spacial score (nSPS) is 11.1. The molecule has 0 saturated carbocycles. The lowest BCUT2D eigenvalue weighted by Gasteiger charge is -2.10. The van der Waals surface area contributed by atoms with Gasteiger partial charge in [-0.2, -0.15) is 0 Å². The molecular weight excluding hydrogens is 440 g/mol. The van der Waals surface area contributed by atoms with Crippen LogP contribution >= 0.6 is 0 Å². The number of aromatic nitrogens is 2. The molecule has 0 radical (unpaired) electrons. The molecule has 3 aromatic carbocycles. The number of aromatic carboxylic acids is 1. The van der Waals surface area contributed by atoms with E-state index in [1.165, 1.54) is 4.57 Å². The van der Waals surface area contributed by atoms with Crippen molar-refractivity contribution in [3.05, 3.63) is 118 Å². The van der Waals surface area contributed by atoms with Crippen LogP contribution in [0, 0.1) is 5.92 Å². The van der Waals surface area contributed by atoms with Crippen LogP contribution in [-0.4, -0.2) is 26.1 Å². The zero-order chi connectivity index (χ0) is 24.9. The quantitative estimate of drug-likeness (QED) is 0.378. The number of imidazole rings is 1. The summed E-state index contributed by atoms with van der Waals surface area (Å²) in [5.74, 6) is -0.864. The fourth-order valence-electron chi connectivity index (χ4n) is 4.09. The number of carbonyl (C=O) groups is 2. The molecule has 1 N–H and O–H groups in total. The molecule has 0 unspecified atom stereocenters. The lowest BCUT2D eigenvalue weighted by molar-refractivity contribution is 0.0697. The molecule has 0 aliphatic carbocycles. The Balaban J connectivity index is 1.66. The minimum atomic E-state index is -0.976. The van der Waals surface area contributed by atoms with Gasteiger partial charge in [0.1, 0.15) is 0 Å². The summed E-state index contributed by atoms with van der Waals surface area (Å²) in [6.07, 6.45) is 3.25. The number of hydrogen-bond acceptors (Lipinski definition) is 3. The molecule has 6 nitrogen and oxygen atoms in total. The van der Waals surface area contributed by atoms with Gasteiger partial charge < -0.3 is 5.11 Å². The number of aryl methyl sites for hydroxylation is 1. The topological polar surface area (TPSA) is 81.3 Å². The van der Waals surface area contributed by atoms with E-state index in [0.717, 1.165) is 23.2 Å². The molecule has 6 heteroatoms. The molecule has 0 aliphatic heterocycles. The van der Waals surface area contributed by atoms with Crippen LogP contribution in [0.25, 0.3) is 11.1 Å². The molecule has 1 aromatic heterocycles. The van der Waals surface area contributed by atoms with Gasteiger partial charge in [0.15, 0.2) is 0 Å². The van der Waals surface area contributed by atoms with Crippen molar-refractivity contribution < 1.29 is 14.7 Å². The number of carboxylic acids is 1. The number of rotatable bonds is 8. The largest absolute Gasteiger partial charge is 0.478 e. The minimum Gasteiger partial charge on any atom is -0.478 e. The van der Waals surface area contributed by atoms with Crippen LogP contribution in [0.5, 0.6) is 0 Å². The van der Waals surface area contributed by atoms with Crippen LogP contribution in [0.3, 0.4) is 0 Å². The van der Waals surface area contributed by atoms with Gasteiger partial charge in [-0.15, -0.1) is 0 Å². The summed E-state index contributed by atoms with van der Waals surface area (Å²) in [5.41, 5.74) is 3.47. The highest BCUT2D eigenvalue weighted by Gasteiger charge is 2.18. The predicted octanol–water partition coefficient (Wildman–Crippen LogP) is 5.34. The summed E-state index contributed by atoms with van der Waals surface area (Å²) in [5, 5.41) is 9.49. The average molecular weight is 469 g/mol. The summed E-state index contributed by atoms with van der Waals surface area (Å²) in [7, 11) is 0. The van der Waals surface area contributed by atoms with Crippen LogP contribution in [0.4, 0.5) is 0 Å². The number of hydrogen-bond donors (Lipinski definition) is 1. The molecule has 0 fully saturated rings. The molecule has 178 valence electrons. The monoisotopic (exact) mass is 468 g/mol. The highest BCUT2D eigenvalue weighted by molar-refractivity contribution is 5.96. The van der Waals surface area contributed by atoms with E-state index < -0.39 is 5.97 Å². The smallest absolute Gasteiger partial charge is 0.336 e. The second-order valence-corrected chi connectivity index (χ2v) is 9.01. The zero-order valence-electron chi connectivity index (χ0n) is 19.8. The minimum absolute atomic E-state index is 0.240. The second kappa shape index (κ2) is 10.4. The number of carboxylic acid groups (broad SMARTS) is 1. The highest BCUT2D eigenvalue weighted by Crippen LogP contribution is 2.24. The number of carbonyl (C=O) groups excluding carboxylic acids is 1. The van der Waals surface area contributed by atoms with Gasteiger partial charge in [-0.1, -0.05) is 74.5 Å². The first kappa shape index (κ1) is 24.0. The van der Waals surface area contributed by atoms with E-state index in [-0.39, 0.29) is 17.2 Å². The standard InChI is InChI=1S/C29H28N2O4/c1-20(2)12-17-24-19-31(27(32)23-8-4-3-5-9-23)29(35)30(24)18-21-13-15-22(16-14-21)25-10-6-7-11-26(25)28(33)34/h3-11,13-16,19-20H,12,17-18H2,1-2H3,(H,33,34). The second-order valence-electron chi connectivity index (χ2n) is 9.01. The Labute approximate surface area is 204 Å². The Morgan fingerprint density at radius 2 is 1.54 bits per heavy atom. The lowest BCUT2D eigenvalue weighted by Crippen LogP contribution is -2.30. The fourth-order valence-corrected chi connectivity index (χ4v) is 4.09. The molecule has 0 spiro atoms. The summed E-state index contributed by atoms with van der Waals surface area (Å²) >= 11 is 0. The van der Waals surface area contributed by atoms with Gasteiger partial charge in [-0.3, -0.25) is 9.36 Å². The predicted molar refractivity (Wildman–Crippen MR) is 136 cm³/mol. The summed E-state index contributed by atoms with van der Waals surface area (Å²) in [4.78, 5) is 37.9. The molecule has 1 heterocycles. The van der Waals surface area contributed by atoms with Gasteiger partial charge in [0, 0.05) is 17.5 Å². The van der Waals surface area contributed by atoms with Crippen LogP contribution in [0.1, 0.15) is 52.2 Å². The van der Waals surface area contributed by atoms with E-state index in [9.17, 15) is 19.5 Å². The Bertz CT molecular complexity index is 1400.